The number of aromatic nitrogens is 1. The Labute approximate surface area is 159 Å². The van der Waals surface area contributed by atoms with Gasteiger partial charge < -0.3 is 10.2 Å². The van der Waals surface area contributed by atoms with Gasteiger partial charge in [-0.2, -0.15) is 13.2 Å². The Morgan fingerprint density at radius 3 is 2.46 bits per heavy atom. The van der Waals surface area contributed by atoms with Gasteiger partial charge in [0.15, 0.2) is 5.76 Å². The Morgan fingerprint density at radius 1 is 1.14 bits per heavy atom. The molecular formula is C19H10F4N2O2S. The van der Waals surface area contributed by atoms with E-state index in [1.807, 2.05) is 0 Å². The van der Waals surface area contributed by atoms with Gasteiger partial charge >= 0.3 is 6.18 Å². The number of fused-ring (bicyclic) bond motifs is 1. The fraction of sp³-hybridized carbons (Fsp3) is 0.0526. The minimum atomic E-state index is -4.71. The Balaban J connectivity index is 1.94. The van der Waals surface area contributed by atoms with Gasteiger partial charge in [0.1, 0.15) is 21.2 Å². The van der Waals surface area contributed by atoms with E-state index in [0.29, 0.717) is 0 Å². The molecule has 0 spiro atoms. The summed E-state index contributed by atoms with van der Waals surface area (Å²) >= 11 is 0.752. The number of alkyl halides is 3. The molecule has 0 aliphatic heterocycles. The molecule has 0 aliphatic rings. The maximum Gasteiger partial charge on any atom is 0.417 e. The average Bonchev–Trinajstić information content (AvgIpc) is 3.29. The standard InChI is InChI=1S/C19H10F4N2O2S/c20-10-5-3-9(4-6-10)16(26)17-15(24)14-11(19(21,22)23)8-12(25-18(14)28-17)13-2-1-7-27-13/h1-8H,24H2. The molecule has 142 valence electrons. The first-order chi connectivity index (χ1) is 13.3. The molecule has 0 fully saturated rings. The molecule has 0 saturated carbocycles. The number of carbonyl (C=O) groups excluding carboxylic acids is 1. The lowest BCUT2D eigenvalue weighted by molar-refractivity contribution is -0.136. The number of hydrogen-bond donors (Lipinski definition) is 1. The first-order valence-corrected chi connectivity index (χ1v) is 8.71. The van der Waals surface area contributed by atoms with E-state index in [9.17, 15) is 22.4 Å². The first-order valence-electron chi connectivity index (χ1n) is 7.90. The molecule has 3 heterocycles. The van der Waals surface area contributed by atoms with Crippen LogP contribution in [-0.4, -0.2) is 10.8 Å². The highest BCUT2D eigenvalue weighted by atomic mass is 32.1. The van der Waals surface area contributed by atoms with Gasteiger partial charge in [-0.25, -0.2) is 9.37 Å². The van der Waals surface area contributed by atoms with Crippen LogP contribution in [0.4, 0.5) is 23.2 Å². The molecular weight excluding hydrogens is 396 g/mol. The minimum absolute atomic E-state index is 0.0214. The lowest BCUT2D eigenvalue weighted by atomic mass is 10.1. The van der Waals surface area contributed by atoms with Crippen LogP contribution in [-0.2, 0) is 6.18 Å². The van der Waals surface area contributed by atoms with Gasteiger partial charge in [0.05, 0.1) is 17.5 Å². The van der Waals surface area contributed by atoms with Crippen molar-refractivity contribution in [3.05, 3.63) is 70.5 Å². The highest BCUT2D eigenvalue weighted by Gasteiger charge is 2.36. The summed E-state index contributed by atoms with van der Waals surface area (Å²) in [6.45, 7) is 0. The summed E-state index contributed by atoms with van der Waals surface area (Å²) in [5.41, 5.74) is 4.71. The molecule has 0 bridgehead atoms. The third kappa shape index (κ3) is 3.03. The number of carbonyl (C=O) groups is 1. The van der Waals surface area contributed by atoms with E-state index in [2.05, 4.69) is 4.98 Å². The highest BCUT2D eigenvalue weighted by molar-refractivity contribution is 7.21. The van der Waals surface area contributed by atoms with Crippen LogP contribution in [0.15, 0.2) is 53.1 Å². The molecule has 0 amide bonds. The van der Waals surface area contributed by atoms with Gasteiger partial charge in [-0.05, 0) is 42.5 Å². The van der Waals surface area contributed by atoms with E-state index < -0.39 is 23.3 Å². The Morgan fingerprint density at radius 2 is 1.86 bits per heavy atom. The van der Waals surface area contributed by atoms with Crippen molar-refractivity contribution in [1.29, 1.82) is 0 Å². The fourth-order valence-electron chi connectivity index (χ4n) is 2.80. The molecule has 3 aromatic heterocycles. The molecule has 9 heteroatoms. The van der Waals surface area contributed by atoms with Crippen molar-refractivity contribution < 1.29 is 26.8 Å². The molecule has 4 rings (SSSR count). The number of anilines is 1. The van der Waals surface area contributed by atoms with Crippen LogP contribution >= 0.6 is 11.3 Å². The smallest absolute Gasteiger partial charge is 0.417 e. The van der Waals surface area contributed by atoms with Gasteiger partial charge in [-0.3, -0.25) is 4.79 Å². The summed E-state index contributed by atoms with van der Waals surface area (Å²) in [6.07, 6.45) is -3.39. The third-order valence-corrected chi connectivity index (χ3v) is 5.19. The van der Waals surface area contributed by atoms with Crippen molar-refractivity contribution in [2.75, 3.05) is 5.73 Å². The number of ketones is 1. The summed E-state index contributed by atoms with van der Waals surface area (Å²) in [4.78, 5) is 16.8. The molecule has 1 aromatic carbocycles. The molecule has 0 unspecified atom stereocenters. The predicted molar refractivity (Wildman–Crippen MR) is 96.6 cm³/mol. The second kappa shape index (κ2) is 6.45. The summed E-state index contributed by atoms with van der Waals surface area (Å²) in [6, 6.07) is 8.52. The number of halogens is 4. The molecule has 4 aromatic rings. The first kappa shape index (κ1) is 18.2. The largest absolute Gasteiger partial charge is 0.463 e. The number of furan rings is 1. The molecule has 0 aliphatic carbocycles. The minimum Gasteiger partial charge on any atom is -0.463 e. The molecule has 0 saturated heterocycles. The average molecular weight is 406 g/mol. The van der Waals surface area contributed by atoms with Crippen LogP contribution in [0.25, 0.3) is 21.7 Å². The second-order valence-electron chi connectivity index (χ2n) is 5.89. The monoisotopic (exact) mass is 406 g/mol. The van der Waals surface area contributed by atoms with Crippen LogP contribution in [0.3, 0.4) is 0 Å². The molecule has 0 radical (unpaired) electrons. The van der Waals surface area contributed by atoms with Gasteiger partial charge in [0.25, 0.3) is 0 Å². The number of nitrogens with zero attached hydrogens (tertiary/aromatic N) is 1. The quantitative estimate of drug-likeness (QED) is 0.359. The van der Waals surface area contributed by atoms with Crippen molar-refractivity contribution in [2.45, 2.75) is 6.18 Å². The number of nitrogen functional groups attached to an aromatic ring is 1. The predicted octanol–water partition coefficient (Wildman–Crippen LogP) is 5.53. The zero-order valence-corrected chi connectivity index (χ0v) is 14.7. The van der Waals surface area contributed by atoms with Crippen molar-refractivity contribution in [3.63, 3.8) is 0 Å². The van der Waals surface area contributed by atoms with Gasteiger partial charge in [-0.1, -0.05) is 0 Å². The van der Waals surface area contributed by atoms with Crippen molar-refractivity contribution in [1.82, 2.24) is 4.98 Å². The number of thiophene rings is 1. The fourth-order valence-corrected chi connectivity index (χ4v) is 3.88. The number of nitrogens with two attached hydrogens (primary N) is 1. The van der Waals surface area contributed by atoms with E-state index in [4.69, 9.17) is 10.2 Å². The number of rotatable bonds is 3. The van der Waals surface area contributed by atoms with E-state index in [1.165, 1.54) is 30.5 Å². The lowest BCUT2D eigenvalue weighted by Gasteiger charge is -2.10. The number of benzene rings is 1. The van der Waals surface area contributed by atoms with Crippen LogP contribution in [0.5, 0.6) is 0 Å². The Bertz CT molecular complexity index is 1180. The maximum atomic E-state index is 13.7. The van der Waals surface area contributed by atoms with E-state index in [1.54, 1.807) is 0 Å². The Kier molecular flexibility index (Phi) is 4.19. The number of hydrogen-bond acceptors (Lipinski definition) is 5. The highest BCUT2D eigenvalue weighted by Crippen LogP contribution is 2.44. The zero-order valence-electron chi connectivity index (χ0n) is 13.9. The SMILES string of the molecule is Nc1c(C(=O)c2ccc(F)cc2)sc2nc(-c3ccco3)cc(C(F)(F)F)c12. The zero-order chi connectivity index (χ0) is 20.1. The lowest BCUT2D eigenvalue weighted by Crippen LogP contribution is -2.08. The van der Waals surface area contributed by atoms with Crippen LogP contribution in [0, 0.1) is 5.82 Å². The third-order valence-electron chi connectivity index (χ3n) is 4.09. The van der Waals surface area contributed by atoms with E-state index >= 15 is 0 Å². The van der Waals surface area contributed by atoms with Crippen molar-refractivity contribution in [2.24, 2.45) is 0 Å². The topological polar surface area (TPSA) is 69.1 Å². The van der Waals surface area contributed by atoms with E-state index in [0.717, 1.165) is 29.5 Å². The van der Waals surface area contributed by atoms with Crippen LogP contribution in [0.2, 0.25) is 0 Å². The summed E-state index contributed by atoms with van der Waals surface area (Å²) in [5, 5.41) is -0.335. The van der Waals surface area contributed by atoms with Crippen LogP contribution in [0.1, 0.15) is 20.8 Å². The Hall–Kier alpha value is -3.20. The number of pyridine rings is 1. The van der Waals surface area contributed by atoms with Crippen LogP contribution < -0.4 is 5.73 Å². The van der Waals surface area contributed by atoms with Gasteiger partial charge in [0, 0.05) is 10.9 Å². The molecule has 4 nitrogen and oxygen atoms in total. The maximum absolute atomic E-state index is 13.7. The molecule has 2 N–H and O–H groups in total. The molecule has 0 atom stereocenters. The summed E-state index contributed by atoms with van der Waals surface area (Å²) in [5.74, 6) is -0.982. The van der Waals surface area contributed by atoms with Gasteiger partial charge in [0.2, 0.25) is 5.78 Å². The molecule has 28 heavy (non-hydrogen) atoms. The summed E-state index contributed by atoms with van der Waals surface area (Å²) < 4.78 is 59.2. The van der Waals surface area contributed by atoms with Gasteiger partial charge in [-0.15, -0.1) is 11.3 Å². The normalized spacial score (nSPS) is 11.9. The van der Waals surface area contributed by atoms with E-state index in [-0.39, 0.29) is 37.8 Å². The van der Waals surface area contributed by atoms with Crippen molar-refractivity contribution >= 4 is 33.0 Å². The van der Waals surface area contributed by atoms with Crippen molar-refractivity contribution in [3.8, 4) is 11.5 Å². The second-order valence-corrected chi connectivity index (χ2v) is 6.89. The summed E-state index contributed by atoms with van der Waals surface area (Å²) in [7, 11) is 0.